The summed E-state index contributed by atoms with van der Waals surface area (Å²) in [5.41, 5.74) is 15.9. The topological polar surface area (TPSA) is 342 Å². The molecule has 5 amide bonds. The van der Waals surface area contributed by atoms with Gasteiger partial charge in [0.1, 0.15) is 18.2 Å². The minimum atomic E-state index is -2.30. The van der Waals surface area contributed by atoms with E-state index in [0.717, 1.165) is 6.92 Å². The standard InChI is InChI=1S/C31H58N8O11/c1-13(2)11-15(4)23(42)16(5)26(45)36-17(6)27(46)37-19(9-8-10-35-31(33)34)24(43)25(44)29(48)38-21(14(3)12-20(32)41)28(47)39-22(18(7)40)30(49)50/h13-19,21-25,40,42-44H,8-12H2,1-7H3,(H2,32,41)(H,36,45)(H,37,46)(H,38,48)(H,39,47)(H,49,50)(H4,33,34,35)/t14-,15+,16+,17+,18+,19-,21+,22+,23+,24+,25+/m0/s1. The molecule has 0 bridgehead atoms. The Bertz CT molecular complexity index is 1180. The van der Waals surface area contributed by atoms with Crippen LogP contribution < -0.4 is 38.5 Å². The number of amides is 5. The van der Waals surface area contributed by atoms with Gasteiger partial charge in [0.15, 0.2) is 18.1 Å². The fraction of sp³-hybridized carbons (Fsp3) is 0.774. The number of aliphatic hydroxyl groups is 4. The van der Waals surface area contributed by atoms with Crippen molar-refractivity contribution in [1.82, 2.24) is 21.3 Å². The molecule has 0 unspecified atom stereocenters. The number of aliphatic carboxylic acids is 1. The van der Waals surface area contributed by atoms with Crippen molar-refractivity contribution in [2.75, 3.05) is 6.54 Å². The molecular formula is C31H58N8O11. The Morgan fingerprint density at radius 2 is 1.24 bits per heavy atom. The van der Waals surface area contributed by atoms with Crippen molar-refractivity contribution in [2.45, 2.75) is 123 Å². The maximum atomic E-state index is 13.2. The number of carboxylic acid groups (broad SMARTS) is 1. The molecule has 0 fully saturated rings. The Hall–Kier alpha value is -4.07. The molecule has 0 radical (unpaired) electrons. The molecule has 0 saturated heterocycles. The van der Waals surface area contributed by atoms with Crippen LogP contribution in [0, 0.1) is 23.7 Å². The van der Waals surface area contributed by atoms with Crippen LogP contribution in [0.3, 0.4) is 0 Å². The van der Waals surface area contributed by atoms with Crippen molar-refractivity contribution in [3.63, 3.8) is 0 Å². The molecule has 0 aliphatic carbocycles. The number of hydrogen-bond donors (Lipinski definition) is 12. The lowest BCUT2D eigenvalue weighted by Gasteiger charge is -2.31. The molecule has 0 aliphatic heterocycles. The maximum absolute atomic E-state index is 13.2. The Labute approximate surface area is 292 Å². The molecule has 0 heterocycles. The first-order valence-electron chi connectivity index (χ1n) is 16.5. The van der Waals surface area contributed by atoms with Crippen LogP contribution in [0.15, 0.2) is 4.99 Å². The smallest absolute Gasteiger partial charge is 0.328 e. The van der Waals surface area contributed by atoms with Crippen LogP contribution in [-0.2, 0) is 28.8 Å². The predicted molar refractivity (Wildman–Crippen MR) is 181 cm³/mol. The van der Waals surface area contributed by atoms with Crippen LogP contribution in [0.1, 0.15) is 74.1 Å². The second kappa shape index (κ2) is 21.9. The first kappa shape index (κ1) is 45.9. The van der Waals surface area contributed by atoms with Crippen LogP contribution >= 0.6 is 0 Å². The number of carbonyl (C=O) groups excluding carboxylic acids is 5. The van der Waals surface area contributed by atoms with E-state index in [1.807, 2.05) is 20.8 Å². The van der Waals surface area contributed by atoms with Crippen LogP contribution in [0.5, 0.6) is 0 Å². The largest absolute Gasteiger partial charge is 0.480 e. The summed E-state index contributed by atoms with van der Waals surface area (Å²) < 4.78 is 0. The summed E-state index contributed by atoms with van der Waals surface area (Å²) in [5, 5.41) is 60.9. The van der Waals surface area contributed by atoms with Crippen molar-refractivity contribution in [3.8, 4) is 0 Å². The Morgan fingerprint density at radius 3 is 1.72 bits per heavy atom. The van der Waals surface area contributed by atoms with Crippen molar-refractivity contribution in [2.24, 2.45) is 45.9 Å². The van der Waals surface area contributed by atoms with E-state index < -0.39 is 102 Å². The van der Waals surface area contributed by atoms with Gasteiger partial charge in [0.25, 0.3) is 5.91 Å². The van der Waals surface area contributed by atoms with Gasteiger partial charge in [-0.05, 0) is 50.9 Å². The van der Waals surface area contributed by atoms with Gasteiger partial charge in [-0.3, -0.25) is 29.0 Å². The molecule has 50 heavy (non-hydrogen) atoms. The third-order valence-corrected chi connectivity index (χ3v) is 8.12. The lowest BCUT2D eigenvalue weighted by atomic mass is 9.87. The van der Waals surface area contributed by atoms with Crippen molar-refractivity contribution in [3.05, 3.63) is 0 Å². The van der Waals surface area contributed by atoms with Gasteiger partial charge in [0, 0.05) is 13.0 Å². The normalized spacial score (nSPS) is 18.0. The van der Waals surface area contributed by atoms with Crippen molar-refractivity contribution in [1.29, 1.82) is 0 Å². The first-order valence-corrected chi connectivity index (χ1v) is 16.5. The first-order chi connectivity index (χ1) is 23.0. The Kier molecular flexibility index (Phi) is 20.1. The quantitative estimate of drug-likeness (QED) is 0.0276. The van der Waals surface area contributed by atoms with E-state index in [0.29, 0.717) is 6.42 Å². The molecule has 0 aliphatic rings. The molecule has 0 saturated carbocycles. The van der Waals surface area contributed by atoms with Crippen molar-refractivity contribution < 1.29 is 54.3 Å². The highest BCUT2D eigenvalue weighted by molar-refractivity contribution is 5.93. The average Bonchev–Trinajstić information content (AvgIpc) is 3.00. The molecule has 19 nitrogen and oxygen atoms in total. The summed E-state index contributed by atoms with van der Waals surface area (Å²) in [4.78, 5) is 79.1. The molecule has 0 spiro atoms. The number of carbonyl (C=O) groups is 6. The Balaban J connectivity index is 6.03. The Morgan fingerprint density at radius 1 is 0.680 bits per heavy atom. The number of primary amides is 1. The van der Waals surface area contributed by atoms with E-state index in [2.05, 4.69) is 26.3 Å². The van der Waals surface area contributed by atoms with Gasteiger partial charge >= 0.3 is 5.97 Å². The number of nitrogens with two attached hydrogens (primary N) is 3. The monoisotopic (exact) mass is 718 g/mol. The number of nitrogens with zero attached hydrogens (tertiary/aromatic N) is 1. The molecular weight excluding hydrogens is 660 g/mol. The minimum absolute atomic E-state index is 0.0425. The molecule has 0 aromatic heterocycles. The molecule has 0 rings (SSSR count). The summed E-state index contributed by atoms with van der Waals surface area (Å²) in [6, 6.07) is -5.98. The molecule has 15 N–H and O–H groups in total. The number of aliphatic hydroxyl groups excluding tert-OH is 4. The second-order valence-corrected chi connectivity index (χ2v) is 13.3. The van der Waals surface area contributed by atoms with Gasteiger partial charge in [-0.1, -0.05) is 34.6 Å². The number of hydrogen-bond acceptors (Lipinski definition) is 11. The lowest BCUT2D eigenvalue weighted by molar-refractivity contribution is -0.146. The van der Waals surface area contributed by atoms with Gasteiger partial charge in [0.2, 0.25) is 23.6 Å². The number of aliphatic imine (C=N–C) groups is 1. The highest BCUT2D eigenvalue weighted by Gasteiger charge is 2.38. The van der Waals surface area contributed by atoms with Crippen LogP contribution in [0.25, 0.3) is 0 Å². The second-order valence-electron chi connectivity index (χ2n) is 13.3. The number of rotatable bonds is 23. The van der Waals surface area contributed by atoms with Crippen LogP contribution in [0.4, 0.5) is 0 Å². The summed E-state index contributed by atoms with van der Waals surface area (Å²) in [7, 11) is 0. The van der Waals surface area contributed by atoms with Gasteiger partial charge in [-0.25, -0.2) is 4.79 Å². The third kappa shape index (κ3) is 16.1. The van der Waals surface area contributed by atoms with E-state index in [9.17, 15) is 54.3 Å². The van der Waals surface area contributed by atoms with E-state index >= 15 is 0 Å². The summed E-state index contributed by atoms with van der Waals surface area (Å²) in [5.74, 6) is -8.37. The van der Waals surface area contributed by atoms with E-state index in [1.54, 1.807) is 0 Å². The van der Waals surface area contributed by atoms with Gasteiger partial charge in [-0.2, -0.15) is 0 Å². The highest BCUT2D eigenvalue weighted by atomic mass is 16.4. The van der Waals surface area contributed by atoms with Crippen LogP contribution in [-0.4, -0.2) is 122 Å². The molecule has 19 heteroatoms. The van der Waals surface area contributed by atoms with E-state index in [1.165, 1.54) is 20.8 Å². The number of nitrogens with one attached hydrogen (secondary N) is 4. The average molecular weight is 719 g/mol. The molecule has 0 aromatic carbocycles. The van der Waals surface area contributed by atoms with Crippen molar-refractivity contribution >= 4 is 41.5 Å². The highest BCUT2D eigenvalue weighted by Crippen LogP contribution is 2.21. The maximum Gasteiger partial charge on any atom is 0.328 e. The molecule has 288 valence electrons. The zero-order valence-electron chi connectivity index (χ0n) is 29.8. The number of carboxylic acids is 1. The van der Waals surface area contributed by atoms with Gasteiger partial charge in [0.05, 0.1) is 24.2 Å². The fourth-order valence-electron chi connectivity index (χ4n) is 5.24. The molecule has 0 aromatic rings. The minimum Gasteiger partial charge on any atom is -0.480 e. The zero-order valence-corrected chi connectivity index (χ0v) is 29.8. The fourth-order valence-corrected chi connectivity index (χ4v) is 5.24. The third-order valence-electron chi connectivity index (χ3n) is 8.12. The van der Waals surface area contributed by atoms with Gasteiger partial charge in [-0.15, -0.1) is 0 Å². The SMILES string of the molecule is CC(C)C[C@@H](C)[C@@H](O)[C@@H](C)C(=O)N[C@H](C)C(=O)N[C@@H](CCCN=C(N)N)[C@@H](O)[C@@H](O)C(=O)N[C@@H](C(=O)N[C@@H](C(=O)O)[C@@H](C)O)[C@@H](C)CC(N)=O. The number of guanidine groups is 1. The lowest BCUT2D eigenvalue weighted by Crippen LogP contribution is -2.60. The summed E-state index contributed by atoms with van der Waals surface area (Å²) >= 11 is 0. The predicted octanol–water partition coefficient (Wildman–Crippen LogP) is -3.62. The van der Waals surface area contributed by atoms with Crippen LogP contribution in [0.2, 0.25) is 0 Å². The van der Waals surface area contributed by atoms with E-state index in [-0.39, 0.29) is 37.2 Å². The molecule has 11 atom stereocenters. The summed E-state index contributed by atoms with van der Waals surface area (Å²) in [6.07, 6.45) is -6.58. The zero-order chi connectivity index (χ0) is 39.0. The van der Waals surface area contributed by atoms with Gasteiger partial charge < -0.3 is 64.0 Å². The summed E-state index contributed by atoms with van der Waals surface area (Å²) in [6.45, 7) is 11.1. The van der Waals surface area contributed by atoms with E-state index in [4.69, 9.17) is 17.2 Å².